The summed E-state index contributed by atoms with van der Waals surface area (Å²) in [6.07, 6.45) is 4.36. The van der Waals surface area contributed by atoms with E-state index in [1.54, 1.807) is 10.7 Å². The Morgan fingerprint density at radius 2 is 1.36 bits per heavy atom. The Kier molecular flexibility index (Phi) is 15.1. The maximum absolute atomic E-state index is 12.3. The summed E-state index contributed by atoms with van der Waals surface area (Å²) in [6, 6.07) is 21.5. The van der Waals surface area contributed by atoms with Crippen LogP contribution < -0.4 is 8.79 Å². The number of fused-ring (bicyclic) bond motifs is 4. The number of benzene rings is 3. The van der Waals surface area contributed by atoms with Crippen molar-refractivity contribution in [2.75, 3.05) is 0 Å². The summed E-state index contributed by atoms with van der Waals surface area (Å²) in [5.41, 5.74) is 7.58. The third-order valence-corrected chi connectivity index (χ3v) is 18.3. The van der Waals surface area contributed by atoms with E-state index in [9.17, 15) is 9.90 Å². The van der Waals surface area contributed by atoms with Crippen LogP contribution in [0.4, 0.5) is 0 Å². The first kappa shape index (κ1) is 44.8. The van der Waals surface area contributed by atoms with Crippen molar-refractivity contribution in [2.24, 2.45) is 41.4 Å². The van der Waals surface area contributed by atoms with Crippen molar-refractivity contribution in [2.45, 2.75) is 113 Å². The van der Waals surface area contributed by atoms with Gasteiger partial charge in [-0.3, -0.25) is 4.79 Å². The molecule has 5 rings (SSSR count). The average Bonchev–Trinajstić information content (AvgIpc) is 3.26. The summed E-state index contributed by atoms with van der Waals surface area (Å²) in [4.78, 5) is 22.1. The minimum absolute atomic E-state index is 0. The molecule has 0 saturated carbocycles. The predicted octanol–water partition coefficient (Wildman–Crippen LogP) is 11.2. The van der Waals surface area contributed by atoms with Gasteiger partial charge >= 0.3 is 201 Å². The molecule has 1 aromatic heterocycles. The number of hydrogen-bond donors (Lipinski definition) is 1. The van der Waals surface area contributed by atoms with E-state index in [4.69, 9.17) is 9.97 Å². The number of aliphatic hydroxyl groups excluding tert-OH is 1. The minimum atomic E-state index is -2.63. The molecule has 53 heavy (non-hydrogen) atoms. The Morgan fingerprint density at radius 3 is 1.91 bits per heavy atom. The summed E-state index contributed by atoms with van der Waals surface area (Å²) in [5.74, 6) is 7.30. The van der Waals surface area contributed by atoms with Crippen LogP contribution in [0, 0.1) is 47.5 Å². The number of aromatic nitrogens is 2. The SMILES string of the molecule is CC(C)C(C(=O)/C=C(\O)C(C(C)C)C(C)C)C(C)C.CC(C)Cc1cccc2[c]1[Ge]([CH3])([CH3])[c]1c(-c3[c-]c4ccccc4c(C(C)(C)C)c3)ncnc1-2.[Ir]. The number of nitrogens with zero attached hydrogens (tertiary/aromatic N) is 2. The standard InChI is InChI=1S/C30H33GeN2.C17H32O2.Ir/c1-19(2)15-21-12-10-14-24-26(21)31(6,7)27-28(32-18-33-29(24)27)22-16-20-11-8-9-13-23(20)25(17-22)30(3,4)5;1-10(2)16(11(3)4)14(18)9-15(19)17(12(5)6)13(7)8;/h8-14,17-19H,15H2,1-7H3;9-13,16-18H,1-8H3;/q-1;;/b;14-9-;. The maximum Gasteiger partial charge on any atom is 0 e. The Labute approximate surface area is 337 Å². The summed E-state index contributed by atoms with van der Waals surface area (Å²) in [6.45, 7) is 28.1. The van der Waals surface area contributed by atoms with Crippen molar-refractivity contribution in [1.82, 2.24) is 9.97 Å². The molecule has 1 aliphatic heterocycles. The van der Waals surface area contributed by atoms with Gasteiger partial charge in [0.2, 0.25) is 0 Å². The van der Waals surface area contributed by atoms with Gasteiger partial charge in [-0.1, -0.05) is 55.4 Å². The van der Waals surface area contributed by atoms with Crippen molar-refractivity contribution in [3.05, 3.63) is 83.9 Å². The van der Waals surface area contributed by atoms with E-state index in [2.05, 4.69) is 156 Å². The van der Waals surface area contributed by atoms with Crippen LogP contribution in [0.5, 0.6) is 0 Å². The van der Waals surface area contributed by atoms with Crippen molar-refractivity contribution in [3.8, 4) is 22.5 Å². The fraction of sp³-hybridized carbons (Fsp3) is 0.511. The zero-order valence-electron chi connectivity index (χ0n) is 35.1. The molecule has 0 fully saturated rings. The predicted molar refractivity (Wildman–Crippen MR) is 225 cm³/mol. The van der Waals surface area contributed by atoms with Gasteiger partial charge in [0.15, 0.2) is 5.78 Å². The molecule has 0 unspecified atom stereocenters. The van der Waals surface area contributed by atoms with E-state index in [0.717, 1.165) is 28.8 Å². The third kappa shape index (κ3) is 9.80. The van der Waals surface area contributed by atoms with E-state index in [0.29, 0.717) is 29.6 Å². The molecular formula is C47H65GeIrN2O2-. The van der Waals surface area contributed by atoms with Crippen LogP contribution >= 0.6 is 0 Å². The fourth-order valence-electron chi connectivity index (χ4n) is 8.85. The first-order chi connectivity index (χ1) is 24.2. The molecule has 4 aromatic rings. The summed E-state index contributed by atoms with van der Waals surface area (Å²) in [5, 5.41) is 12.7. The molecule has 0 amide bonds. The van der Waals surface area contributed by atoms with Crippen LogP contribution in [0.15, 0.2) is 66.7 Å². The van der Waals surface area contributed by atoms with Gasteiger partial charge in [0.1, 0.15) is 0 Å². The molecule has 1 radical (unpaired) electrons. The van der Waals surface area contributed by atoms with Crippen LogP contribution in [0.25, 0.3) is 33.3 Å². The second-order valence-electron chi connectivity index (χ2n) is 18.4. The zero-order chi connectivity index (χ0) is 38.9. The van der Waals surface area contributed by atoms with Gasteiger partial charge in [-0.05, 0) is 23.7 Å². The fourth-order valence-corrected chi connectivity index (χ4v) is 16.6. The Balaban J connectivity index is 0.000000327. The van der Waals surface area contributed by atoms with Gasteiger partial charge < -0.3 is 5.11 Å². The van der Waals surface area contributed by atoms with Crippen molar-refractivity contribution in [3.63, 3.8) is 0 Å². The number of aliphatic hydroxyl groups is 1. The first-order valence-electron chi connectivity index (χ1n) is 19.6. The number of ketones is 1. The number of allylic oxidation sites excluding steroid dienone is 2. The van der Waals surface area contributed by atoms with Gasteiger partial charge in [-0.25, -0.2) is 0 Å². The van der Waals surface area contributed by atoms with Crippen LogP contribution in [-0.4, -0.2) is 34.1 Å². The van der Waals surface area contributed by atoms with Gasteiger partial charge in [0, 0.05) is 38.0 Å². The van der Waals surface area contributed by atoms with E-state index in [1.165, 1.54) is 32.5 Å². The zero-order valence-corrected chi connectivity index (χ0v) is 39.6. The monoisotopic (exact) mass is 956 g/mol. The van der Waals surface area contributed by atoms with Gasteiger partial charge in [0.05, 0.1) is 5.76 Å². The molecule has 2 heterocycles. The molecule has 3 aromatic carbocycles. The molecule has 0 saturated heterocycles. The largest absolute Gasteiger partial charge is 0 e. The second kappa shape index (κ2) is 17.9. The van der Waals surface area contributed by atoms with Crippen LogP contribution in [0.2, 0.25) is 11.5 Å². The molecule has 6 heteroatoms. The molecular weight excluding hydrogens is 889 g/mol. The Morgan fingerprint density at radius 1 is 0.792 bits per heavy atom. The average molecular weight is 955 g/mol. The molecule has 0 atom stereocenters. The smallest absolute Gasteiger partial charge is 0 e. The summed E-state index contributed by atoms with van der Waals surface area (Å²) >= 11 is -2.63. The molecule has 289 valence electrons. The Bertz CT molecular complexity index is 1900. The number of rotatable bonds is 10. The van der Waals surface area contributed by atoms with Gasteiger partial charge in [0.25, 0.3) is 0 Å². The molecule has 0 bridgehead atoms. The first-order valence-corrected chi connectivity index (χ1v) is 25.9. The summed E-state index contributed by atoms with van der Waals surface area (Å²) in [7, 11) is 0. The quantitative estimate of drug-likeness (QED) is 0.0745. The Hall–Kier alpha value is -2.60. The van der Waals surface area contributed by atoms with Gasteiger partial charge in [-0.15, -0.1) is 0 Å². The van der Waals surface area contributed by atoms with E-state index in [1.807, 2.05) is 0 Å². The van der Waals surface area contributed by atoms with Crippen LogP contribution in [0.1, 0.15) is 101 Å². The number of hydrogen-bond acceptors (Lipinski definition) is 4. The molecule has 4 nitrogen and oxygen atoms in total. The molecule has 1 N–H and O–H groups in total. The van der Waals surface area contributed by atoms with Crippen molar-refractivity contribution in [1.29, 1.82) is 0 Å². The van der Waals surface area contributed by atoms with Gasteiger partial charge in [-0.2, -0.15) is 0 Å². The number of carbonyl (C=O) groups excluding carboxylic acids is 1. The van der Waals surface area contributed by atoms with E-state index < -0.39 is 13.3 Å². The van der Waals surface area contributed by atoms with E-state index >= 15 is 0 Å². The van der Waals surface area contributed by atoms with E-state index in [-0.39, 0.29) is 48.9 Å². The van der Waals surface area contributed by atoms with Crippen LogP contribution in [0.3, 0.4) is 0 Å². The van der Waals surface area contributed by atoms with Crippen molar-refractivity contribution >= 4 is 38.6 Å². The third-order valence-electron chi connectivity index (χ3n) is 10.8. The molecule has 0 spiro atoms. The summed E-state index contributed by atoms with van der Waals surface area (Å²) < 4.78 is 3.01. The number of carbonyl (C=O) groups is 1. The van der Waals surface area contributed by atoms with Crippen LogP contribution in [-0.2, 0) is 36.7 Å². The molecule has 1 aliphatic rings. The second-order valence-corrected chi connectivity index (χ2v) is 27.3. The normalized spacial score (nSPS) is 14.0. The topological polar surface area (TPSA) is 63.1 Å². The van der Waals surface area contributed by atoms with Crippen molar-refractivity contribution < 1.29 is 30.0 Å². The maximum atomic E-state index is 12.3. The minimum Gasteiger partial charge on any atom is 0 e. The molecule has 0 aliphatic carbocycles.